The summed E-state index contributed by atoms with van der Waals surface area (Å²) in [5.41, 5.74) is 3.08. The number of hydrogen-bond acceptors (Lipinski definition) is 2. The van der Waals surface area contributed by atoms with E-state index in [1.54, 1.807) is 13.4 Å². The molecule has 84 valence electrons. The molecule has 0 saturated heterocycles. The van der Waals surface area contributed by atoms with Gasteiger partial charge in [0.1, 0.15) is 11.3 Å². The van der Waals surface area contributed by atoms with E-state index in [9.17, 15) is 0 Å². The zero-order valence-electron chi connectivity index (χ0n) is 9.51. The van der Waals surface area contributed by atoms with Crippen molar-refractivity contribution in [2.45, 2.75) is 0 Å². The van der Waals surface area contributed by atoms with Gasteiger partial charge in [0.05, 0.1) is 13.4 Å². The maximum absolute atomic E-state index is 5.41. The van der Waals surface area contributed by atoms with Crippen LogP contribution < -0.4 is 4.74 Å². The Bertz CT molecular complexity index is 653. The minimum Gasteiger partial charge on any atom is -0.496 e. The van der Waals surface area contributed by atoms with Crippen LogP contribution in [0.15, 0.2) is 59.2 Å². The van der Waals surface area contributed by atoms with Crippen molar-refractivity contribution >= 4 is 11.0 Å². The van der Waals surface area contributed by atoms with Crippen LogP contribution in [-0.2, 0) is 0 Å². The molecule has 0 N–H and O–H groups in total. The number of benzene rings is 2. The van der Waals surface area contributed by atoms with Crippen LogP contribution in [-0.4, -0.2) is 7.11 Å². The summed E-state index contributed by atoms with van der Waals surface area (Å²) < 4.78 is 10.8. The summed E-state index contributed by atoms with van der Waals surface area (Å²) >= 11 is 0. The molecule has 2 aromatic carbocycles. The summed E-state index contributed by atoms with van der Waals surface area (Å²) in [6.45, 7) is 0. The first-order valence-corrected chi connectivity index (χ1v) is 5.49. The normalized spacial score (nSPS) is 10.6. The molecule has 0 atom stereocenters. The van der Waals surface area contributed by atoms with Gasteiger partial charge in [0.25, 0.3) is 0 Å². The second-order valence-corrected chi connectivity index (χ2v) is 3.87. The number of hydrogen-bond donors (Lipinski definition) is 0. The molecule has 17 heavy (non-hydrogen) atoms. The van der Waals surface area contributed by atoms with Crippen molar-refractivity contribution in [2.24, 2.45) is 0 Å². The van der Waals surface area contributed by atoms with E-state index in [2.05, 4.69) is 12.1 Å². The average molecular weight is 224 g/mol. The van der Waals surface area contributed by atoms with Crippen LogP contribution in [0.3, 0.4) is 0 Å². The average Bonchev–Trinajstić information content (AvgIpc) is 2.85. The molecule has 0 fully saturated rings. The van der Waals surface area contributed by atoms with Crippen LogP contribution in [0.5, 0.6) is 5.75 Å². The summed E-state index contributed by atoms with van der Waals surface area (Å²) in [6, 6.07) is 16.1. The monoisotopic (exact) mass is 224 g/mol. The standard InChI is InChI=1S/C15H12O2/c1-16-14-5-3-2-4-13(14)12-7-6-11-8-9-17-15(11)10-12/h2-10H,1H3. The lowest BCUT2D eigenvalue weighted by Crippen LogP contribution is -1.86. The lowest BCUT2D eigenvalue weighted by Gasteiger charge is -2.07. The van der Waals surface area contributed by atoms with E-state index in [1.165, 1.54) is 0 Å². The predicted molar refractivity (Wildman–Crippen MR) is 68.2 cm³/mol. The van der Waals surface area contributed by atoms with Crippen LogP contribution in [0.1, 0.15) is 0 Å². The lowest BCUT2D eigenvalue weighted by atomic mass is 10.0. The first kappa shape index (κ1) is 9.97. The van der Waals surface area contributed by atoms with Crippen LogP contribution in [0.25, 0.3) is 22.1 Å². The molecule has 0 radical (unpaired) electrons. The third-order valence-electron chi connectivity index (χ3n) is 2.87. The Morgan fingerprint density at radius 1 is 1.00 bits per heavy atom. The van der Waals surface area contributed by atoms with Crippen molar-refractivity contribution in [3.63, 3.8) is 0 Å². The fourth-order valence-electron chi connectivity index (χ4n) is 2.01. The van der Waals surface area contributed by atoms with Crippen LogP contribution in [0, 0.1) is 0 Å². The van der Waals surface area contributed by atoms with E-state index < -0.39 is 0 Å². The number of methoxy groups -OCH3 is 1. The summed E-state index contributed by atoms with van der Waals surface area (Å²) in [7, 11) is 1.68. The maximum atomic E-state index is 5.41. The molecule has 0 amide bonds. The van der Waals surface area contributed by atoms with E-state index in [-0.39, 0.29) is 0 Å². The second kappa shape index (κ2) is 3.98. The van der Waals surface area contributed by atoms with Gasteiger partial charge in [-0.05, 0) is 23.8 Å². The lowest BCUT2D eigenvalue weighted by molar-refractivity contribution is 0.416. The molecule has 0 aliphatic carbocycles. The highest BCUT2D eigenvalue weighted by Crippen LogP contribution is 2.31. The van der Waals surface area contributed by atoms with E-state index in [1.807, 2.05) is 36.4 Å². The van der Waals surface area contributed by atoms with Gasteiger partial charge in [0.2, 0.25) is 0 Å². The number of furan rings is 1. The van der Waals surface area contributed by atoms with Crippen molar-refractivity contribution in [2.75, 3.05) is 7.11 Å². The smallest absolute Gasteiger partial charge is 0.134 e. The van der Waals surface area contributed by atoms with E-state index in [0.717, 1.165) is 27.8 Å². The van der Waals surface area contributed by atoms with Gasteiger partial charge in [0, 0.05) is 10.9 Å². The minimum atomic E-state index is 0.874. The number of rotatable bonds is 2. The molecule has 0 bridgehead atoms. The van der Waals surface area contributed by atoms with Gasteiger partial charge in [-0.2, -0.15) is 0 Å². The SMILES string of the molecule is COc1ccccc1-c1ccc2ccoc2c1. The van der Waals surface area contributed by atoms with Gasteiger partial charge in [-0.3, -0.25) is 0 Å². The Hall–Kier alpha value is -2.22. The van der Waals surface area contributed by atoms with Gasteiger partial charge in [-0.25, -0.2) is 0 Å². The van der Waals surface area contributed by atoms with Crippen LogP contribution >= 0.6 is 0 Å². The molecule has 3 rings (SSSR count). The van der Waals surface area contributed by atoms with E-state index >= 15 is 0 Å². The number of para-hydroxylation sites is 1. The Morgan fingerprint density at radius 3 is 2.76 bits per heavy atom. The highest BCUT2D eigenvalue weighted by atomic mass is 16.5. The summed E-state index contributed by atoms with van der Waals surface area (Å²) in [6.07, 6.45) is 1.71. The summed E-state index contributed by atoms with van der Waals surface area (Å²) in [5, 5.41) is 1.11. The topological polar surface area (TPSA) is 22.4 Å². The number of ether oxygens (including phenoxy) is 1. The zero-order valence-corrected chi connectivity index (χ0v) is 9.51. The van der Waals surface area contributed by atoms with Gasteiger partial charge >= 0.3 is 0 Å². The Labute approximate surface area is 99.4 Å². The molecule has 1 heterocycles. The van der Waals surface area contributed by atoms with E-state index in [4.69, 9.17) is 9.15 Å². The number of fused-ring (bicyclic) bond motifs is 1. The predicted octanol–water partition coefficient (Wildman–Crippen LogP) is 4.11. The maximum Gasteiger partial charge on any atom is 0.134 e. The van der Waals surface area contributed by atoms with Crippen LogP contribution in [0.4, 0.5) is 0 Å². The van der Waals surface area contributed by atoms with Gasteiger partial charge in [0.15, 0.2) is 0 Å². The third-order valence-corrected chi connectivity index (χ3v) is 2.87. The highest BCUT2D eigenvalue weighted by Gasteiger charge is 2.06. The third kappa shape index (κ3) is 1.68. The molecule has 1 aromatic heterocycles. The Balaban J connectivity index is 2.19. The molecule has 2 nitrogen and oxygen atoms in total. The molecule has 0 spiro atoms. The van der Waals surface area contributed by atoms with Crippen molar-refractivity contribution < 1.29 is 9.15 Å². The van der Waals surface area contributed by atoms with Gasteiger partial charge < -0.3 is 9.15 Å². The Kier molecular flexibility index (Phi) is 2.33. The summed E-state index contributed by atoms with van der Waals surface area (Å²) in [4.78, 5) is 0. The Morgan fingerprint density at radius 2 is 1.88 bits per heavy atom. The fourth-order valence-corrected chi connectivity index (χ4v) is 2.01. The van der Waals surface area contributed by atoms with Gasteiger partial charge in [-0.15, -0.1) is 0 Å². The summed E-state index contributed by atoms with van der Waals surface area (Å²) in [5.74, 6) is 0.874. The zero-order chi connectivity index (χ0) is 11.7. The molecule has 0 aliphatic rings. The molecule has 2 heteroatoms. The molecular formula is C15H12O2. The molecule has 0 aliphatic heterocycles. The molecule has 0 saturated carbocycles. The second-order valence-electron chi connectivity index (χ2n) is 3.87. The van der Waals surface area contributed by atoms with Crippen molar-refractivity contribution in [3.05, 3.63) is 54.8 Å². The quantitative estimate of drug-likeness (QED) is 0.653. The van der Waals surface area contributed by atoms with Crippen LogP contribution in [0.2, 0.25) is 0 Å². The first-order valence-electron chi connectivity index (χ1n) is 5.49. The first-order chi connectivity index (χ1) is 8.38. The van der Waals surface area contributed by atoms with Crippen molar-refractivity contribution in [1.82, 2.24) is 0 Å². The largest absolute Gasteiger partial charge is 0.496 e. The van der Waals surface area contributed by atoms with E-state index in [0.29, 0.717) is 0 Å². The highest BCUT2D eigenvalue weighted by molar-refractivity contribution is 5.84. The molecule has 0 unspecified atom stereocenters. The van der Waals surface area contributed by atoms with Crippen molar-refractivity contribution in [1.29, 1.82) is 0 Å². The minimum absolute atomic E-state index is 0.874. The van der Waals surface area contributed by atoms with Gasteiger partial charge in [-0.1, -0.05) is 30.3 Å². The molecule has 3 aromatic rings. The van der Waals surface area contributed by atoms with Crippen molar-refractivity contribution in [3.8, 4) is 16.9 Å². The fraction of sp³-hybridized carbons (Fsp3) is 0.0667. The molecular weight excluding hydrogens is 212 g/mol.